The lowest BCUT2D eigenvalue weighted by molar-refractivity contribution is -0.191. The number of allylic oxidation sites excluding steroid dienone is 4. The highest BCUT2D eigenvalue weighted by atomic mass is 19.3. The highest BCUT2D eigenvalue weighted by molar-refractivity contribution is 5.74. The summed E-state index contributed by atoms with van der Waals surface area (Å²) >= 11 is 0. The van der Waals surface area contributed by atoms with Crippen molar-refractivity contribution in [1.29, 1.82) is 0 Å². The molecule has 6 heteroatoms. The average Bonchev–Trinajstić information content (AvgIpc) is 2.81. The van der Waals surface area contributed by atoms with Gasteiger partial charge in [-0.1, -0.05) is 25.8 Å². The van der Waals surface area contributed by atoms with E-state index < -0.39 is 35.1 Å². The Morgan fingerprint density at radius 3 is 1.64 bits per heavy atom. The molecule has 2 nitrogen and oxygen atoms in total. The van der Waals surface area contributed by atoms with Crippen LogP contribution in [0, 0.1) is 35.5 Å². The monoisotopic (exact) mass is 470 g/mol. The first-order chi connectivity index (χ1) is 15.6. The van der Waals surface area contributed by atoms with Gasteiger partial charge in [-0.3, -0.25) is 4.79 Å². The van der Waals surface area contributed by atoms with Crippen molar-refractivity contribution in [1.82, 2.24) is 0 Å². The van der Waals surface area contributed by atoms with Crippen molar-refractivity contribution in [2.45, 2.75) is 103 Å². The largest absolute Gasteiger partial charge is 0.424 e. The van der Waals surface area contributed by atoms with E-state index in [0.717, 1.165) is 49.7 Å². The molecule has 0 amide bonds. The van der Waals surface area contributed by atoms with E-state index in [2.05, 4.69) is 6.92 Å². The van der Waals surface area contributed by atoms with E-state index in [-0.39, 0.29) is 0 Å². The molecule has 4 aliphatic rings. The zero-order chi connectivity index (χ0) is 23.8. The molecule has 0 aromatic heterocycles. The van der Waals surface area contributed by atoms with E-state index in [4.69, 9.17) is 4.74 Å². The molecule has 0 radical (unpaired) electrons. The summed E-state index contributed by atoms with van der Waals surface area (Å²) in [5.74, 6) is -7.43. The van der Waals surface area contributed by atoms with Crippen LogP contribution in [0.15, 0.2) is 23.5 Å². The molecule has 3 saturated carbocycles. The van der Waals surface area contributed by atoms with E-state index >= 15 is 0 Å². The van der Waals surface area contributed by atoms with Gasteiger partial charge in [-0.05, 0) is 107 Å². The van der Waals surface area contributed by atoms with Crippen molar-refractivity contribution in [2.24, 2.45) is 35.5 Å². The van der Waals surface area contributed by atoms with Gasteiger partial charge in [0, 0.05) is 5.57 Å². The second-order valence-corrected chi connectivity index (χ2v) is 11.3. The van der Waals surface area contributed by atoms with Crippen LogP contribution in [0.1, 0.15) is 90.9 Å². The van der Waals surface area contributed by atoms with Crippen LogP contribution in [0.25, 0.3) is 0 Å². The topological polar surface area (TPSA) is 26.3 Å². The first kappa shape index (κ1) is 24.8. The summed E-state index contributed by atoms with van der Waals surface area (Å²) in [5, 5.41) is 0. The Balaban J connectivity index is 1.24. The number of hydrogen-bond acceptors (Lipinski definition) is 2. The fourth-order valence-electron chi connectivity index (χ4n) is 6.77. The van der Waals surface area contributed by atoms with Crippen LogP contribution in [0.3, 0.4) is 0 Å². The van der Waals surface area contributed by atoms with Gasteiger partial charge in [0.1, 0.15) is 0 Å². The Morgan fingerprint density at radius 1 is 0.727 bits per heavy atom. The maximum absolute atomic E-state index is 14.2. The normalized spacial score (nSPS) is 38.7. The Kier molecular flexibility index (Phi) is 7.31. The molecule has 0 saturated heterocycles. The molecule has 3 fully saturated rings. The van der Waals surface area contributed by atoms with Gasteiger partial charge in [0.15, 0.2) is 5.76 Å². The van der Waals surface area contributed by atoms with Crippen LogP contribution in [-0.4, -0.2) is 17.8 Å². The van der Waals surface area contributed by atoms with E-state index in [0.29, 0.717) is 24.7 Å². The van der Waals surface area contributed by atoms with Gasteiger partial charge >= 0.3 is 17.8 Å². The molecule has 0 heterocycles. The maximum atomic E-state index is 14.2. The van der Waals surface area contributed by atoms with E-state index in [1.165, 1.54) is 51.4 Å². The molecular formula is C27H38F4O2. The molecular weight excluding hydrogens is 432 g/mol. The molecule has 0 aliphatic heterocycles. The van der Waals surface area contributed by atoms with Crippen LogP contribution in [0.2, 0.25) is 0 Å². The van der Waals surface area contributed by atoms with Crippen molar-refractivity contribution >= 4 is 5.97 Å². The van der Waals surface area contributed by atoms with Gasteiger partial charge in [0.25, 0.3) is 0 Å². The maximum Gasteiger partial charge on any atom is 0.370 e. The second kappa shape index (κ2) is 9.73. The Bertz CT molecular complexity index is 763. The van der Waals surface area contributed by atoms with Gasteiger partial charge in [0.2, 0.25) is 0 Å². The van der Waals surface area contributed by atoms with E-state index in [1.54, 1.807) is 0 Å². The van der Waals surface area contributed by atoms with Gasteiger partial charge in [0.05, 0.1) is 5.92 Å². The summed E-state index contributed by atoms with van der Waals surface area (Å²) in [5.41, 5.74) is -0.736. The van der Waals surface area contributed by atoms with Crippen LogP contribution in [-0.2, 0) is 9.53 Å². The van der Waals surface area contributed by atoms with Crippen molar-refractivity contribution in [3.05, 3.63) is 23.5 Å². The SMILES string of the molecule is CC1=CC=C(OC(=O)C2CCC(C3CCC(C4CCC(C)CC4)CC3)CC2)C(F)(F)C1(F)F. The Hall–Kier alpha value is -1.33. The van der Waals surface area contributed by atoms with Crippen molar-refractivity contribution in [3.8, 4) is 0 Å². The lowest BCUT2D eigenvalue weighted by Crippen LogP contribution is -2.46. The number of hydrogen-bond donors (Lipinski definition) is 0. The van der Waals surface area contributed by atoms with Crippen LogP contribution >= 0.6 is 0 Å². The van der Waals surface area contributed by atoms with Gasteiger partial charge < -0.3 is 4.74 Å². The average molecular weight is 471 g/mol. The Morgan fingerprint density at radius 2 is 1.15 bits per heavy atom. The third kappa shape index (κ3) is 5.05. The quantitative estimate of drug-likeness (QED) is 0.307. The molecule has 4 rings (SSSR count). The Labute approximate surface area is 195 Å². The third-order valence-corrected chi connectivity index (χ3v) is 9.21. The van der Waals surface area contributed by atoms with E-state index in [9.17, 15) is 22.4 Å². The minimum Gasteiger partial charge on any atom is -0.424 e. The molecule has 0 aromatic carbocycles. The van der Waals surface area contributed by atoms with Crippen molar-refractivity contribution < 1.29 is 27.1 Å². The molecule has 0 unspecified atom stereocenters. The summed E-state index contributed by atoms with van der Waals surface area (Å²) in [4.78, 5) is 12.5. The van der Waals surface area contributed by atoms with Gasteiger partial charge in [-0.15, -0.1) is 0 Å². The minimum atomic E-state index is -4.51. The molecule has 0 spiro atoms. The zero-order valence-corrected chi connectivity index (χ0v) is 19.9. The number of carbonyl (C=O) groups excluding carboxylic acids is 1. The summed E-state index contributed by atoms with van der Waals surface area (Å²) in [6.07, 6.45) is 15.4. The molecule has 186 valence electrons. The standard InChI is InChI=1S/C27H38F4O2/c1-17-3-6-19(7-4-17)20-8-10-21(11-9-20)22-12-14-23(15-13-22)25(32)33-24-16-5-18(2)26(28,29)27(24,30)31/h5,16-17,19-23H,3-4,6-15H2,1-2H3. The number of carbonyl (C=O) groups is 1. The highest BCUT2D eigenvalue weighted by Crippen LogP contribution is 2.49. The van der Waals surface area contributed by atoms with Crippen molar-refractivity contribution in [3.63, 3.8) is 0 Å². The number of esters is 1. The molecule has 0 N–H and O–H groups in total. The fraction of sp³-hybridized carbons (Fsp3) is 0.815. The molecule has 33 heavy (non-hydrogen) atoms. The van der Waals surface area contributed by atoms with E-state index in [1.807, 2.05) is 0 Å². The molecule has 4 aliphatic carbocycles. The van der Waals surface area contributed by atoms with Gasteiger partial charge in [-0.25, -0.2) is 0 Å². The first-order valence-corrected chi connectivity index (χ1v) is 13.0. The minimum absolute atomic E-state index is 0.487. The smallest absolute Gasteiger partial charge is 0.370 e. The van der Waals surface area contributed by atoms with Crippen LogP contribution < -0.4 is 0 Å². The summed E-state index contributed by atoms with van der Waals surface area (Å²) < 4.78 is 61.0. The third-order valence-electron chi connectivity index (χ3n) is 9.21. The summed E-state index contributed by atoms with van der Waals surface area (Å²) in [6.45, 7) is 3.32. The first-order valence-electron chi connectivity index (χ1n) is 13.0. The number of alkyl halides is 4. The fourth-order valence-corrected chi connectivity index (χ4v) is 6.77. The molecule has 0 atom stereocenters. The predicted molar refractivity (Wildman–Crippen MR) is 120 cm³/mol. The summed E-state index contributed by atoms with van der Waals surface area (Å²) in [6, 6.07) is 0. The second-order valence-electron chi connectivity index (χ2n) is 11.3. The zero-order valence-electron chi connectivity index (χ0n) is 19.9. The van der Waals surface area contributed by atoms with Gasteiger partial charge in [-0.2, -0.15) is 17.6 Å². The highest BCUT2D eigenvalue weighted by Gasteiger charge is 2.63. The lowest BCUT2D eigenvalue weighted by Gasteiger charge is -2.41. The number of halogens is 4. The van der Waals surface area contributed by atoms with Crippen LogP contribution in [0.4, 0.5) is 17.6 Å². The molecule has 0 aromatic rings. The van der Waals surface area contributed by atoms with Crippen LogP contribution in [0.5, 0.6) is 0 Å². The number of ether oxygens (including phenoxy) is 1. The van der Waals surface area contributed by atoms with Crippen molar-refractivity contribution in [2.75, 3.05) is 0 Å². The molecule has 0 bridgehead atoms. The predicted octanol–water partition coefficient (Wildman–Crippen LogP) is 8.08. The summed E-state index contributed by atoms with van der Waals surface area (Å²) in [7, 11) is 0. The lowest BCUT2D eigenvalue weighted by atomic mass is 9.65. The number of rotatable bonds is 4.